The number of aryl methyl sites for hydroxylation is 1. The van der Waals surface area contributed by atoms with Crippen LogP contribution in [-0.2, 0) is 16.6 Å². The van der Waals surface area contributed by atoms with Crippen LogP contribution in [-0.4, -0.2) is 28.9 Å². The lowest BCUT2D eigenvalue weighted by Crippen LogP contribution is -2.41. The number of benzene rings is 2. The van der Waals surface area contributed by atoms with Crippen LogP contribution in [0.15, 0.2) is 57.9 Å². The van der Waals surface area contributed by atoms with Crippen LogP contribution in [0.5, 0.6) is 0 Å². The van der Waals surface area contributed by atoms with Crippen LogP contribution in [0.1, 0.15) is 68.9 Å². The molecular formula is C25H31N3O3S. The molecule has 0 aliphatic heterocycles. The van der Waals surface area contributed by atoms with E-state index >= 15 is 0 Å². The molecular weight excluding hydrogens is 422 g/mol. The van der Waals surface area contributed by atoms with Crippen molar-refractivity contribution in [3.05, 3.63) is 65.5 Å². The Balaban J connectivity index is 1.64. The number of nitrogens with zero attached hydrogens (tertiary/aromatic N) is 3. The van der Waals surface area contributed by atoms with Gasteiger partial charge in [0.1, 0.15) is 0 Å². The van der Waals surface area contributed by atoms with Crippen molar-refractivity contribution in [3.63, 3.8) is 0 Å². The maximum atomic E-state index is 13.7. The van der Waals surface area contributed by atoms with Crippen LogP contribution < -0.4 is 0 Å². The molecule has 0 bridgehead atoms. The Morgan fingerprint density at radius 1 is 1.06 bits per heavy atom. The van der Waals surface area contributed by atoms with E-state index < -0.39 is 10.0 Å². The quantitative estimate of drug-likeness (QED) is 0.459. The first kappa shape index (κ1) is 22.7. The topological polar surface area (TPSA) is 76.3 Å². The Hall–Kier alpha value is -2.51. The van der Waals surface area contributed by atoms with Gasteiger partial charge in [0.25, 0.3) is 0 Å². The minimum absolute atomic E-state index is 0.0622. The van der Waals surface area contributed by atoms with Gasteiger partial charge >= 0.3 is 0 Å². The van der Waals surface area contributed by atoms with Gasteiger partial charge in [0.15, 0.2) is 0 Å². The van der Waals surface area contributed by atoms with Gasteiger partial charge in [0.2, 0.25) is 21.7 Å². The summed E-state index contributed by atoms with van der Waals surface area (Å²) in [4.78, 5) is 4.83. The minimum atomic E-state index is -3.70. The molecule has 0 unspecified atom stereocenters. The SMILES string of the molecule is Cc1cccc(-c2noc(CN(C3CCCCC3)S(=O)(=O)c3ccc(C(C)C)cc3)n2)c1. The van der Waals surface area contributed by atoms with Gasteiger partial charge in [-0.2, -0.15) is 9.29 Å². The highest BCUT2D eigenvalue weighted by molar-refractivity contribution is 7.89. The Bertz CT molecular complexity index is 1150. The van der Waals surface area contributed by atoms with E-state index in [0.29, 0.717) is 22.5 Å². The van der Waals surface area contributed by atoms with Crippen molar-refractivity contribution >= 4 is 10.0 Å². The molecule has 2 aromatic carbocycles. The zero-order chi connectivity index (χ0) is 22.7. The second-order valence-electron chi connectivity index (χ2n) is 8.95. The molecule has 170 valence electrons. The molecule has 0 amide bonds. The van der Waals surface area contributed by atoms with Gasteiger partial charge in [-0.3, -0.25) is 0 Å². The molecule has 0 atom stereocenters. The molecule has 1 saturated carbocycles. The Morgan fingerprint density at radius 3 is 2.44 bits per heavy atom. The number of aromatic nitrogens is 2. The largest absolute Gasteiger partial charge is 0.338 e. The smallest absolute Gasteiger partial charge is 0.243 e. The summed E-state index contributed by atoms with van der Waals surface area (Å²) in [6.07, 6.45) is 4.90. The number of hydrogen-bond donors (Lipinski definition) is 0. The summed E-state index contributed by atoms with van der Waals surface area (Å²) in [5.74, 6) is 1.14. The van der Waals surface area contributed by atoms with Crippen molar-refractivity contribution < 1.29 is 12.9 Å². The first-order chi connectivity index (χ1) is 15.3. The van der Waals surface area contributed by atoms with Crippen LogP contribution >= 0.6 is 0 Å². The molecule has 32 heavy (non-hydrogen) atoms. The fourth-order valence-electron chi connectivity index (χ4n) is 4.29. The maximum absolute atomic E-state index is 13.7. The zero-order valence-electron chi connectivity index (χ0n) is 19.0. The Kier molecular flexibility index (Phi) is 6.76. The van der Waals surface area contributed by atoms with E-state index in [-0.39, 0.29) is 12.6 Å². The van der Waals surface area contributed by atoms with E-state index in [2.05, 4.69) is 24.0 Å². The van der Waals surface area contributed by atoms with Gasteiger partial charge in [-0.15, -0.1) is 0 Å². The van der Waals surface area contributed by atoms with E-state index in [1.54, 1.807) is 16.4 Å². The monoisotopic (exact) mass is 453 g/mol. The van der Waals surface area contributed by atoms with Gasteiger partial charge in [-0.25, -0.2) is 8.42 Å². The number of hydrogen-bond acceptors (Lipinski definition) is 5. The van der Waals surface area contributed by atoms with Crippen LogP contribution in [0.2, 0.25) is 0 Å². The van der Waals surface area contributed by atoms with Gasteiger partial charge in [0, 0.05) is 11.6 Å². The van der Waals surface area contributed by atoms with Gasteiger partial charge in [-0.1, -0.05) is 74.2 Å². The molecule has 3 aromatic rings. The highest BCUT2D eigenvalue weighted by Gasteiger charge is 2.34. The standard InChI is InChI=1S/C25H31N3O3S/c1-18(2)20-12-14-23(15-13-20)32(29,30)28(22-10-5-4-6-11-22)17-24-26-25(27-31-24)21-9-7-8-19(3)16-21/h7-9,12-16,18,22H,4-6,10-11,17H2,1-3H3. The van der Waals surface area contributed by atoms with E-state index in [4.69, 9.17) is 4.52 Å². The minimum Gasteiger partial charge on any atom is -0.338 e. The summed E-state index contributed by atoms with van der Waals surface area (Å²) in [6, 6.07) is 15.0. The summed E-state index contributed by atoms with van der Waals surface area (Å²) in [5.41, 5.74) is 3.08. The highest BCUT2D eigenvalue weighted by Crippen LogP contribution is 2.30. The van der Waals surface area contributed by atoms with Crippen LogP contribution in [0.3, 0.4) is 0 Å². The van der Waals surface area contributed by atoms with E-state index in [0.717, 1.165) is 48.8 Å². The number of sulfonamides is 1. The lowest BCUT2D eigenvalue weighted by atomic mass is 9.95. The van der Waals surface area contributed by atoms with E-state index in [1.807, 2.05) is 43.3 Å². The predicted molar refractivity (Wildman–Crippen MR) is 125 cm³/mol. The zero-order valence-corrected chi connectivity index (χ0v) is 19.8. The van der Waals surface area contributed by atoms with E-state index in [9.17, 15) is 8.42 Å². The van der Waals surface area contributed by atoms with Crippen LogP contribution in [0.4, 0.5) is 0 Å². The normalized spacial score (nSPS) is 15.5. The average Bonchev–Trinajstić information content (AvgIpc) is 3.27. The lowest BCUT2D eigenvalue weighted by molar-refractivity contribution is 0.223. The fraction of sp³-hybridized carbons (Fsp3) is 0.440. The molecule has 1 fully saturated rings. The van der Waals surface area contributed by atoms with Crippen molar-refractivity contribution in [1.29, 1.82) is 0 Å². The lowest BCUT2D eigenvalue weighted by Gasteiger charge is -2.32. The third-order valence-electron chi connectivity index (χ3n) is 6.17. The third kappa shape index (κ3) is 4.94. The predicted octanol–water partition coefficient (Wildman–Crippen LogP) is 5.69. The highest BCUT2D eigenvalue weighted by atomic mass is 32.2. The van der Waals surface area contributed by atoms with Crippen molar-refractivity contribution in [3.8, 4) is 11.4 Å². The summed E-state index contributed by atoms with van der Waals surface area (Å²) in [7, 11) is -3.70. The summed E-state index contributed by atoms with van der Waals surface area (Å²) >= 11 is 0. The second-order valence-corrected chi connectivity index (χ2v) is 10.8. The van der Waals surface area contributed by atoms with E-state index in [1.165, 1.54) is 0 Å². The average molecular weight is 454 g/mol. The molecule has 1 heterocycles. The summed E-state index contributed by atoms with van der Waals surface area (Å²) in [6.45, 7) is 6.28. The second kappa shape index (κ2) is 9.55. The third-order valence-corrected chi connectivity index (χ3v) is 8.08. The first-order valence-corrected chi connectivity index (χ1v) is 12.8. The Morgan fingerprint density at radius 2 is 1.78 bits per heavy atom. The molecule has 0 saturated heterocycles. The molecule has 4 rings (SSSR count). The molecule has 0 spiro atoms. The summed E-state index contributed by atoms with van der Waals surface area (Å²) in [5, 5.41) is 4.10. The van der Waals surface area contributed by atoms with Crippen molar-refractivity contribution in [1.82, 2.24) is 14.4 Å². The van der Waals surface area contributed by atoms with Crippen molar-refractivity contribution in [2.75, 3.05) is 0 Å². The van der Waals surface area contributed by atoms with Crippen LogP contribution in [0.25, 0.3) is 11.4 Å². The number of rotatable bonds is 7. The van der Waals surface area contributed by atoms with Gasteiger partial charge in [0.05, 0.1) is 11.4 Å². The summed E-state index contributed by atoms with van der Waals surface area (Å²) < 4.78 is 34.4. The van der Waals surface area contributed by atoms with Crippen molar-refractivity contribution in [2.45, 2.75) is 76.3 Å². The first-order valence-electron chi connectivity index (χ1n) is 11.4. The fourth-order valence-corrected chi connectivity index (χ4v) is 5.93. The molecule has 1 aromatic heterocycles. The van der Waals surface area contributed by atoms with Crippen molar-refractivity contribution in [2.24, 2.45) is 0 Å². The Labute approximate surface area is 190 Å². The maximum Gasteiger partial charge on any atom is 0.243 e. The van der Waals surface area contributed by atoms with Crippen LogP contribution in [0, 0.1) is 6.92 Å². The molecule has 1 aliphatic rings. The van der Waals surface area contributed by atoms with Gasteiger partial charge in [-0.05, 0) is 49.4 Å². The van der Waals surface area contributed by atoms with Gasteiger partial charge < -0.3 is 4.52 Å². The molecule has 1 aliphatic carbocycles. The molecule has 0 N–H and O–H groups in total. The molecule has 7 heteroatoms. The molecule has 0 radical (unpaired) electrons. The molecule has 6 nitrogen and oxygen atoms in total.